The maximum atomic E-state index is 9.29. The van der Waals surface area contributed by atoms with E-state index < -0.39 is 0 Å². The topological polar surface area (TPSA) is 41.9 Å². The molecular weight excluding hydrogens is 254 g/mol. The lowest BCUT2D eigenvalue weighted by Crippen LogP contribution is -2.54. The highest BCUT2D eigenvalue weighted by molar-refractivity contribution is 5.26. The summed E-state index contributed by atoms with van der Waals surface area (Å²) in [5, 5.41) is 9.29. The highest BCUT2D eigenvalue weighted by Gasteiger charge is 2.32. The third-order valence-corrected chi connectivity index (χ3v) is 3.45. The maximum absolute atomic E-state index is 9.29. The van der Waals surface area contributed by atoms with Gasteiger partial charge in [-0.25, -0.2) is 0 Å². The Balaban J connectivity index is 1.79. The number of aliphatic hydroxyl groups excluding tert-OH is 1. The zero-order valence-corrected chi connectivity index (χ0v) is 12.6. The van der Waals surface area contributed by atoms with Gasteiger partial charge in [-0.1, -0.05) is 17.7 Å². The van der Waals surface area contributed by atoms with E-state index in [1.54, 1.807) is 0 Å². The Labute approximate surface area is 121 Å². The Morgan fingerprint density at radius 3 is 2.70 bits per heavy atom. The Morgan fingerprint density at radius 1 is 1.35 bits per heavy atom. The molecule has 1 heterocycles. The minimum Gasteiger partial charge on any atom is -0.492 e. The second-order valence-electron chi connectivity index (χ2n) is 6.08. The standard InChI is InChI=1S/C16H25NO3/c1-13-4-6-14(7-5-13)19-9-8-17-10-15(11-18)20-16(2,3)12-17/h4-7,15,18H,8-12H2,1-3H3. The molecule has 0 spiro atoms. The van der Waals surface area contributed by atoms with Crippen molar-refractivity contribution in [3.63, 3.8) is 0 Å². The Bertz CT molecular complexity index is 416. The predicted molar refractivity (Wildman–Crippen MR) is 79.2 cm³/mol. The summed E-state index contributed by atoms with van der Waals surface area (Å²) in [4.78, 5) is 2.29. The minimum atomic E-state index is -0.213. The fraction of sp³-hybridized carbons (Fsp3) is 0.625. The molecule has 2 rings (SSSR count). The van der Waals surface area contributed by atoms with Crippen molar-refractivity contribution in [2.75, 3.05) is 32.8 Å². The molecule has 1 aromatic carbocycles. The van der Waals surface area contributed by atoms with Crippen molar-refractivity contribution < 1.29 is 14.6 Å². The van der Waals surface area contributed by atoms with E-state index in [0.717, 1.165) is 25.4 Å². The zero-order valence-electron chi connectivity index (χ0n) is 12.6. The van der Waals surface area contributed by atoms with Crippen LogP contribution < -0.4 is 4.74 Å². The van der Waals surface area contributed by atoms with E-state index in [2.05, 4.69) is 37.8 Å². The number of benzene rings is 1. The van der Waals surface area contributed by atoms with E-state index in [9.17, 15) is 5.11 Å². The minimum absolute atomic E-state index is 0.0682. The zero-order chi connectivity index (χ0) is 14.6. The number of nitrogens with zero attached hydrogens (tertiary/aromatic N) is 1. The molecule has 112 valence electrons. The molecular formula is C16H25NO3. The SMILES string of the molecule is Cc1ccc(OCCN2CC(CO)OC(C)(C)C2)cc1. The van der Waals surface area contributed by atoms with Gasteiger partial charge in [-0.2, -0.15) is 0 Å². The summed E-state index contributed by atoms with van der Waals surface area (Å²) < 4.78 is 11.6. The van der Waals surface area contributed by atoms with Gasteiger partial charge in [0.25, 0.3) is 0 Å². The van der Waals surface area contributed by atoms with E-state index in [1.165, 1.54) is 5.56 Å². The highest BCUT2D eigenvalue weighted by Crippen LogP contribution is 2.20. The number of ether oxygens (including phenoxy) is 2. The van der Waals surface area contributed by atoms with Crippen LogP contribution in [0.15, 0.2) is 24.3 Å². The maximum Gasteiger partial charge on any atom is 0.119 e. The van der Waals surface area contributed by atoms with Gasteiger partial charge in [0, 0.05) is 19.6 Å². The van der Waals surface area contributed by atoms with Crippen molar-refractivity contribution in [2.24, 2.45) is 0 Å². The molecule has 1 aliphatic rings. The quantitative estimate of drug-likeness (QED) is 0.893. The molecule has 0 saturated carbocycles. The fourth-order valence-corrected chi connectivity index (χ4v) is 2.61. The lowest BCUT2D eigenvalue weighted by molar-refractivity contribution is -0.149. The molecule has 20 heavy (non-hydrogen) atoms. The molecule has 1 fully saturated rings. The number of aliphatic hydroxyl groups is 1. The summed E-state index contributed by atoms with van der Waals surface area (Å²) in [6, 6.07) is 8.09. The van der Waals surface area contributed by atoms with Gasteiger partial charge in [0.2, 0.25) is 0 Å². The van der Waals surface area contributed by atoms with Gasteiger partial charge in [-0.15, -0.1) is 0 Å². The van der Waals surface area contributed by atoms with Crippen LogP contribution >= 0.6 is 0 Å². The van der Waals surface area contributed by atoms with Gasteiger partial charge in [-0.3, -0.25) is 4.90 Å². The number of hydrogen-bond acceptors (Lipinski definition) is 4. The molecule has 0 amide bonds. The molecule has 1 atom stereocenters. The summed E-state index contributed by atoms with van der Waals surface area (Å²) in [6.45, 7) is 9.37. The van der Waals surface area contributed by atoms with Crippen molar-refractivity contribution in [1.82, 2.24) is 4.90 Å². The first-order valence-electron chi connectivity index (χ1n) is 7.19. The summed E-state index contributed by atoms with van der Waals surface area (Å²) in [5.41, 5.74) is 1.02. The van der Waals surface area contributed by atoms with Crippen LogP contribution in [0.5, 0.6) is 5.75 Å². The fourth-order valence-electron chi connectivity index (χ4n) is 2.61. The summed E-state index contributed by atoms with van der Waals surface area (Å²) in [7, 11) is 0. The Hall–Kier alpha value is -1.10. The van der Waals surface area contributed by atoms with Gasteiger partial charge < -0.3 is 14.6 Å². The second kappa shape index (κ2) is 6.57. The third kappa shape index (κ3) is 4.47. The van der Waals surface area contributed by atoms with Crippen molar-refractivity contribution in [2.45, 2.75) is 32.5 Å². The molecule has 0 aromatic heterocycles. The van der Waals surface area contributed by atoms with Gasteiger partial charge in [0.1, 0.15) is 12.4 Å². The first kappa shape index (κ1) is 15.3. The monoisotopic (exact) mass is 279 g/mol. The number of aryl methyl sites for hydroxylation is 1. The van der Waals surface area contributed by atoms with Crippen LogP contribution in [0.4, 0.5) is 0 Å². The number of morpholine rings is 1. The molecule has 4 nitrogen and oxygen atoms in total. The first-order valence-corrected chi connectivity index (χ1v) is 7.19. The summed E-state index contributed by atoms with van der Waals surface area (Å²) >= 11 is 0. The van der Waals surface area contributed by atoms with E-state index in [0.29, 0.717) is 6.61 Å². The number of hydrogen-bond donors (Lipinski definition) is 1. The smallest absolute Gasteiger partial charge is 0.119 e. The van der Waals surface area contributed by atoms with Crippen molar-refractivity contribution in [1.29, 1.82) is 0 Å². The van der Waals surface area contributed by atoms with Crippen LogP contribution in [0.3, 0.4) is 0 Å². The molecule has 0 bridgehead atoms. The molecule has 4 heteroatoms. The molecule has 1 aliphatic heterocycles. The van der Waals surface area contributed by atoms with E-state index in [-0.39, 0.29) is 18.3 Å². The summed E-state index contributed by atoms with van der Waals surface area (Å²) in [5.74, 6) is 0.904. The van der Waals surface area contributed by atoms with Crippen molar-refractivity contribution in [3.8, 4) is 5.75 Å². The van der Waals surface area contributed by atoms with Crippen LogP contribution in [-0.2, 0) is 4.74 Å². The molecule has 1 N–H and O–H groups in total. The lowest BCUT2D eigenvalue weighted by Gasteiger charge is -2.42. The highest BCUT2D eigenvalue weighted by atomic mass is 16.5. The van der Waals surface area contributed by atoms with E-state index >= 15 is 0 Å². The van der Waals surface area contributed by atoms with Crippen LogP contribution in [-0.4, -0.2) is 54.6 Å². The normalized spacial score (nSPS) is 22.7. The first-order chi connectivity index (χ1) is 9.48. The van der Waals surface area contributed by atoms with Crippen LogP contribution in [0.25, 0.3) is 0 Å². The number of rotatable bonds is 5. The third-order valence-electron chi connectivity index (χ3n) is 3.45. The molecule has 1 saturated heterocycles. The van der Waals surface area contributed by atoms with Crippen molar-refractivity contribution >= 4 is 0 Å². The van der Waals surface area contributed by atoms with Gasteiger partial charge >= 0.3 is 0 Å². The average molecular weight is 279 g/mol. The summed E-state index contributed by atoms with van der Waals surface area (Å²) in [6.07, 6.45) is -0.0990. The lowest BCUT2D eigenvalue weighted by atomic mass is 10.1. The molecule has 1 aromatic rings. The van der Waals surface area contributed by atoms with Gasteiger partial charge in [0.15, 0.2) is 0 Å². The van der Waals surface area contributed by atoms with Gasteiger partial charge in [0.05, 0.1) is 18.3 Å². The van der Waals surface area contributed by atoms with Crippen LogP contribution in [0.1, 0.15) is 19.4 Å². The van der Waals surface area contributed by atoms with Crippen LogP contribution in [0, 0.1) is 6.92 Å². The second-order valence-corrected chi connectivity index (χ2v) is 6.08. The van der Waals surface area contributed by atoms with Crippen LogP contribution in [0.2, 0.25) is 0 Å². The average Bonchev–Trinajstić information content (AvgIpc) is 2.39. The predicted octanol–water partition coefficient (Wildman–Crippen LogP) is 1.85. The largest absolute Gasteiger partial charge is 0.492 e. The van der Waals surface area contributed by atoms with Crippen molar-refractivity contribution in [3.05, 3.63) is 29.8 Å². The Kier molecular flexibility index (Phi) is 5.02. The molecule has 1 unspecified atom stereocenters. The van der Waals surface area contributed by atoms with Gasteiger partial charge in [-0.05, 0) is 32.9 Å². The van der Waals surface area contributed by atoms with E-state index in [1.807, 2.05) is 12.1 Å². The Morgan fingerprint density at radius 2 is 2.05 bits per heavy atom. The van der Waals surface area contributed by atoms with E-state index in [4.69, 9.17) is 9.47 Å². The molecule has 0 aliphatic carbocycles. The molecule has 0 radical (unpaired) electrons.